The summed E-state index contributed by atoms with van der Waals surface area (Å²) < 4.78 is 5.35. The van der Waals surface area contributed by atoms with Gasteiger partial charge in [-0.2, -0.15) is 0 Å². The molecule has 7 nitrogen and oxygen atoms in total. The molecular formula is C15H40N4O3. The van der Waals surface area contributed by atoms with E-state index >= 15 is 0 Å². The number of ether oxygens (including phenoxy) is 1. The molecule has 0 atom stereocenters. The van der Waals surface area contributed by atoms with Crippen molar-refractivity contribution >= 4 is 11.8 Å². The zero-order chi connectivity index (χ0) is 16.8. The van der Waals surface area contributed by atoms with Gasteiger partial charge in [0, 0.05) is 43.8 Å². The number of amides is 2. The SMILES string of the molecule is CC(C)NCCNC(=O)CNCCOCCNC(=O)C(C)C.[HH].[HH].[HH].[HH]. The minimum Gasteiger partial charge on any atom is -0.378 e. The van der Waals surface area contributed by atoms with Crippen molar-refractivity contribution in [3.8, 4) is 0 Å². The molecule has 0 rings (SSSR count). The van der Waals surface area contributed by atoms with Crippen LogP contribution in [0.3, 0.4) is 0 Å². The fourth-order valence-electron chi connectivity index (χ4n) is 1.52. The van der Waals surface area contributed by atoms with E-state index < -0.39 is 0 Å². The average Bonchev–Trinajstić information content (AvgIpc) is 2.45. The van der Waals surface area contributed by atoms with Crippen molar-refractivity contribution in [3.63, 3.8) is 0 Å². The summed E-state index contributed by atoms with van der Waals surface area (Å²) in [6.45, 7) is 11.6. The van der Waals surface area contributed by atoms with Crippen LogP contribution in [0.1, 0.15) is 33.4 Å². The molecule has 0 unspecified atom stereocenters. The first-order valence-electron chi connectivity index (χ1n) is 7.99. The smallest absolute Gasteiger partial charge is 0.234 e. The van der Waals surface area contributed by atoms with Gasteiger partial charge in [-0.25, -0.2) is 0 Å². The second-order valence-corrected chi connectivity index (χ2v) is 5.69. The van der Waals surface area contributed by atoms with Gasteiger partial charge in [0.05, 0.1) is 19.8 Å². The molecule has 138 valence electrons. The van der Waals surface area contributed by atoms with E-state index in [1.165, 1.54) is 0 Å². The molecule has 0 aromatic heterocycles. The molecule has 0 saturated heterocycles. The standard InChI is InChI=1S/C15H32N4O3.4H2/c1-12(2)15(21)19-8-10-22-9-7-16-11-14(20)18-6-5-17-13(3)4;;;;/h12-13,16-17H,5-11H2,1-4H3,(H,18,20)(H,19,21);4*1H. The van der Waals surface area contributed by atoms with E-state index in [9.17, 15) is 9.59 Å². The van der Waals surface area contributed by atoms with Crippen LogP contribution in [0.4, 0.5) is 0 Å². The number of carbonyl (C=O) groups excluding carboxylic acids is 2. The monoisotopic (exact) mass is 324 g/mol. The van der Waals surface area contributed by atoms with Crippen LogP contribution in [-0.4, -0.2) is 63.8 Å². The quantitative estimate of drug-likeness (QED) is 0.370. The predicted octanol–water partition coefficient (Wildman–Crippen LogP) is 0.463. The molecule has 4 N–H and O–H groups in total. The fourth-order valence-corrected chi connectivity index (χ4v) is 1.52. The van der Waals surface area contributed by atoms with Crippen LogP contribution in [0.15, 0.2) is 0 Å². The number of hydrogen-bond acceptors (Lipinski definition) is 5. The van der Waals surface area contributed by atoms with Crippen molar-refractivity contribution in [1.82, 2.24) is 21.3 Å². The third kappa shape index (κ3) is 13.8. The van der Waals surface area contributed by atoms with Crippen molar-refractivity contribution in [3.05, 3.63) is 0 Å². The molecule has 0 spiro atoms. The van der Waals surface area contributed by atoms with E-state index in [0.717, 1.165) is 6.54 Å². The maximum Gasteiger partial charge on any atom is 0.234 e. The lowest BCUT2D eigenvalue weighted by atomic mass is 10.2. The van der Waals surface area contributed by atoms with E-state index in [-0.39, 0.29) is 30.0 Å². The third-order valence-electron chi connectivity index (χ3n) is 2.78. The van der Waals surface area contributed by atoms with Crippen LogP contribution < -0.4 is 21.3 Å². The van der Waals surface area contributed by atoms with Crippen LogP contribution in [0.25, 0.3) is 0 Å². The highest BCUT2D eigenvalue weighted by Crippen LogP contribution is 1.89. The van der Waals surface area contributed by atoms with Gasteiger partial charge < -0.3 is 26.0 Å². The van der Waals surface area contributed by atoms with Crippen LogP contribution in [0.5, 0.6) is 0 Å². The van der Waals surface area contributed by atoms with Crippen molar-refractivity contribution in [2.45, 2.75) is 33.7 Å². The zero-order valence-electron chi connectivity index (χ0n) is 14.3. The zero-order valence-corrected chi connectivity index (χ0v) is 14.3. The molecule has 0 bridgehead atoms. The van der Waals surface area contributed by atoms with Crippen LogP contribution in [0, 0.1) is 5.92 Å². The molecule has 0 aliphatic carbocycles. The van der Waals surface area contributed by atoms with Crippen molar-refractivity contribution in [2.75, 3.05) is 45.9 Å². The Bertz CT molecular complexity index is 325. The van der Waals surface area contributed by atoms with Crippen molar-refractivity contribution < 1.29 is 20.0 Å². The van der Waals surface area contributed by atoms with E-state index in [1.807, 2.05) is 13.8 Å². The Kier molecular flexibility index (Phi) is 12.8. The molecule has 0 aliphatic rings. The number of hydrogen-bond donors (Lipinski definition) is 4. The molecule has 0 aromatic rings. The van der Waals surface area contributed by atoms with Gasteiger partial charge in [0.15, 0.2) is 0 Å². The Hall–Kier alpha value is -1.18. The Balaban J connectivity index is -0.000000367. The second-order valence-electron chi connectivity index (χ2n) is 5.69. The Labute approximate surface area is 139 Å². The normalized spacial score (nSPS) is 11.0. The maximum absolute atomic E-state index is 11.5. The minimum atomic E-state index is -0.0187. The van der Waals surface area contributed by atoms with E-state index in [2.05, 4.69) is 35.1 Å². The summed E-state index contributed by atoms with van der Waals surface area (Å²) >= 11 is 0. The Morgan fingerprint density at radius 2 is 1.64 bits per heavy atom. The lowest BCUT2D eigenvalue weighted by Gasteiger charge is -2.10. The summed E-state index contributed by atoms with van der Waals surface area (Å²) in [5.41, 5.74) is 0. The molecule has 2 amide bonds. The summed E-state index contributed by atoms with van der Waals surface area (Å²) in [4.78, 5) is 22.7. The first-order valence-corrected chi connectivity index (χ1v) is 7.99. The lowest BCUT2D eigenvalue weighted by Crippen LogP contribution is -2.39. The van der Waals surface area contributed by atoms with Crippen LogP contribution in [-0.2, 0) is 14.3 Å². The summed E-state index contributed by atoms with van der Waals surface area (Å²) in [5.74, 6) is 0.0102. The minimum absolute atomic E-state index is 0. The van der Waals surface area contributed by atoms with Gasteiger partial charge in [-0.15, -0.1) is 0 Å². The highest BCUT2D eigenvalue weighted by atomic mass is 16.5. The summed E-state index contributed by atoms with van der Waals surface area (Å²) in [6, 6.07) is 0.428. The van der Waals surface area contributed by atoms with Gasteiger partial charge in [0.2, 0.25) is 11.8 Å². The molecule has 0 saturated carbocycles. The Morgan fingerprint density at radius 3 is 2.27 bits per heavy atom. The molecule has 0 heterocycles. The molecule has 0 aliphatic heterocycles. The highest BCUT2D eigenvalue weighted by Gasteiger charge is 2.04. The number of nitrogens with one attached hydrogen (secondary N) is 4. The molecule has 0 radical (unpaired) electrons. The molecule has 22 heavy (non-hydrogen) atoms. The van der Waals surface area contributed by atoms with Gasteiger partial charge in [0.25, 0.3) is 0 Å². The molecule has 0 aromatic carbocycles. The lowest BCUT2D eigenvalue weighted by molar-refractivity contribution is -0.124. The second kappa shape index (κ2) is 13.5. The Morgan fingerprint density at radius 1 is 0.955 bits per heavy atom. The van der Waals surface area contributed by atoms with Crippen molar-refractivity contribution in [2.24, 2.45) is 5.92 Å². The van der Waals surface area contributed by atoms with Gasteiger partial charge >= 0.3 is 0 Å². The third-order valence-corrected chi connectivity index (χ3v) is 2.78. The predicted molar refractivity (Wildman–Crippen MR) is 96.1 cm³/mol. The number of carbonyl (C=O) groups is 2. The summed E-state index contributed by atoms with van der Waals surface area (Å²) in [5, 5.41) is 11.8. The summed E-state index contributed by atoms with van der Waals surface area (Å²) in [6.07, 6.45) is 0. The highest BCUT2D eigenvalue weighted by molar-refractivity contribution is 5.78. The molecule has 7 heteroatoms. The van der Waals surface area contributed by atoms with Crippen molar-refractivity contribution in [1.29, 1.82) is 0 Å². The summed E-state index contributed by atoms with van der Waals surface area (Å²) in [7, 11) is 0. The molecular weight excluding hydrogens is 284 g/mol. The first kappa shape index (κ1) is 20.8. The first-order chi connectivity index (χ1) is 10.4. The van der Waals surface area contributed by atoms with E-state index in [0.29, 0.717) is 38.9 Å². The van der Waals surface area contributed by atoms with Gasteiger partial charge in [-0.05, 0) is 0 Å². The largest absolute Gasteiger partial charge is 0.378 e. The van der Waals surface area contributed by atoms with Gasteiger partial charge in [-0.1, -0.05) is 27.7 Å². The van der Waals surface area contributed by atoms with Crippen LogP contribution >= 0.6 is 0 Å². The van der Waals surface area contributed by atoms with E-state index in [1.54, 1.807) is 0 Å². The maximum atomic E-state index is 11.5. The molecule has 0 fully saturated rings. The fraction of sp³-hybridized carbons (Fsp3) is 0.867. The average molecular weight is 325 g/mol. The topological polar surface area (TPSA) is 91.5 Å². The van der Waals surface area contributed by atoms with Gasteiger partial charge in [0.1, 0.15) is 0 Å². The number of rotatable bonds is 13. The van der Waals surface area contributed by atoms with Crippen LogP contribution in [0.2, 0.25) is 0 Å². The van der Waals surface area contributed by atoms with E-state index in [4.69, 9.17) is 4.74 Å². The van der Waals surface area contributed by atoms with Gasteiger partial charge in [-0.3, -0.25) is 9.59 Å².